The molecule has 0 bridgehead atoms. The Bertz CT molecular complexity index is 496. The fourth-order valence-electron chi connectivity index (χ4n) is 2.80. The quantitative estimate of drug-likeness (QED) is 0.798. The van der Waals surface area contributed by atoms with E-state index in [0.717, 1.165) is 24.9 Å². The average Bonchev–Trinajstić information content (AvgIpc) is 3.27. The molecular weight excluding hydrogens is 260 g/mol. The van der Waals surface area contributed by atoms with Gasteiger partial charge in [-0.05, 0) is 43.4 Å². The van der Waals surface area contributed by atoms with E-state index in [2.05, 4.69) is 15.6 Å². The van der Waals surface area contributed by atoms with Gasteiger partial charge in [0.05, 0.1) is 0 Å². The summed E-state index contributed by atoms with van der Waals surface area (Å²) >= 11 is 0. The van der Waals surface area contributed by atoms with Crippen LogP contribution in [0.2, 0.25) is 0 Å². The van der Waals surface area contributed by atoms with E-state index < -0.39 is 11.6 Å². The molecule has 0 amide bonds. The minimum Gasteiger partial charge on any atom is -0.368 e. The van der Waals surface area contributed by atoms with Gasteiger partial charge in [-0.1, -0.05) is 6.92 Å². The Hall–Kier alpha value is -1.39. The molecule has 0 radical (unpaired) electrons. The summed E-state index contributed by atoms with van der Waals surface area (Å²) in [5, 5.41) is 5.97. The predicted octanol–water partition coefficient (Wildman–Crippen LogP) is 3.78. The first kappa shape index (κ1) is 13.6. The monoisotopic (exact) mass is 281 g/mol. The van der Waals surface area contributed by atoms with Crippen LogP contribution in [0.3, 0.4) is 0 Å². The number of hydrogen-bond donors (Lipinski definition) is 2. The van der Waals surface area contributed by atoms with Crippen LogP contribution in [0.15, 0.2) is 6.07 Å². The molecular formula is C15H21F2N3. The molecule has 0 unspecified atom stereocenters. The number of halogens is 2. The summed E-state index contributed by atoms with van der Waals surface area (Å²) in [5.74, 6) is -0.152. The van der Waals surface area contributed by atoms with Gasteiger partial charge in [0.2, 0.25) is 0 Å². The van der Waals surface area contributed by atoms with Crippen LogP contribution >= 0.6 is 0 Å². The number of aromatic nitrogens is 1. The molecule has 1 aromatic rings. The summed E-state index contributed by atoms with van der Waals surface area (Å²) in [6.07, 6.45) is 5.89. The average molecular weight is 281 g/mol. The summed E-state index contributed by atoms with van der Waals surface area (Å²) < 4.78 is 27.4. The highest BCUT2D eigenvalue weighted by molar-refractivity contribution is 5.47. The Morgan fingerprint density at radius 2 is 1.85 bits per heavy atom. The van der Waals surface area contributed by atoms with Gasteiger partial charge in [0.15, 0.2) is 23.3 Å². The largest absolute Gasteiger partial charge is 0.368 e. The highest BCUT2D eigenvalue weighted by Gasteiger charge is 2.53. The number of nitrogens with one attached hydrogen (secondary N) is 2. The summed E-state index contributed by atoms with van der Waals surface area (Å²) in [4.78, 5) is 4.05. The minimum absolute atomic E-state index is 0.131. The van der Waals surface area contributed by atoms with E-state index in [0.29, 0.717) is 12.0 Å². The standard InChI is InChI=1S/C15H21F2N3/c1-2-7-18-13-11(16)8-12(17)14(20-13)19-9-15(5-6-15)10-3-4-10/h8,10H,2-7,9H2,1H3,(H2,18,19,20). The van der Waals surface area contributed by atoms with Crippen LogP contribution in [-0.2, 0) is 0 Å². The molecule has 3 rings (SSSR count). The van der Waals surface area contributed by atoms with Gasteiger partial charge in [-0.2, -0.15) is 0 Å². The minimum atomic E-state index is -0.634. The number of rotatable bonds is 7. The number of anilines is 2. The molecule has 0 spiro atoms. The number of nitrogens with zero attached hydrogens (tertiary/aromatic N) is 1. The maximum absolute atomic E-state index is 13.8. The zero-order chi connectivity index (χ0) is 14.2. The van der Waals surface area contributed by atoms with E-state index in [1.54, 1.807) is 0 Å². The molecule has 0 aliphatic heterocycles. The van der Waals surface area contributed by atoms with E-state index in [1.807, 2.05) is 6.92 Å². The van der Waals surface area contributed by atoms with Gasteiger partial charge in [0.25, 0.3) is 0 Å². The van der Waals surface area contributed by atoms with Crippen molar-refractivity contribution in [3.05, 3.63) is 17.7 Å². The molecule has 2 fully saturated rings. The number of hydrogen-bond acceptors (Lipinski definition) is 3. The van der Waals surface area contributed by atoms with Crippen molar-refractivity contribution in [1.82, 2.24) is 4.98 Å². The SMILES string of the molecule is CCCNc1nc(NCC2(C3CC3)CC2)c(F)cc1F. The molecule has 20 heavy (non-hydrogen) atoms. The molecule has 110 valence electrons. The second-order valence-electron chi connectivity index (χ2n) is 6.07. The highest BCUT2D eigenvalue weighted by atomic mass is 19.1. The van der Waals surface area contributed by atoms with Gasteiger partial charge in [-0.15, -0.1) is 0 Å². The van der Waals surface area contributed by atoms with Crippen molar-refractivity contribution in [2.24, 2.45) is 11.3 Å². The Morgan fingerprint density at radius 1 is 1.20 bits per heavy atom. The first-order valence-electron chi connectivity index (χ1n) is 7.48. The van der Waals surface area contributed by atoms with Crippen molar-refractivity contribution in [1.29, 1.82) is 0 Å². The Morgan fingerprint density at radius 3 is 2.40 bits per heavy atom. The fraction of sp³-hybridized carbons (Fsp3) is 0.667. The van der Waals surface area contributed by atoms with E-state index in [1.165, 1.54) is 25.7 Å². The Kier molecular flexibility index (Phi) is 3.52. The highest BCUT2D eigenvalue weighted by Crippen LogP contribution is 2.61. The van der Waals surface area contributed by atoms with Crippen LogP contribution in [0.25, 0.3) is 0 Å². The lowest BCUT2D eigenvalue weighted by atomic mass is 10.0. The lowest BCUT2D eigenvalue weighted by molar-refractivity contribution is 0.464. The van der Waals surface area contributed by atoms with E-state index in [9.17, 15) is 8.78 Å². The molecule has 0 atom stereocenters. The molecule has 5 heteroatoms. The molecule has 0 aromatic carbocycles. The van der Waals surface area contributed by atoms with Crippen LogP contribution in [0.1, 0.15) is 39.0 Å². The molecule has 3 nitrogen and oxygen atoms in total. The lowest BCUT2D eigenvalue weighted by Crippen LogP contribution is -2.19. The molecule has 2 N–H and O–H groups in total. The Labute approximate surface area is 118 Å². The molecule has 2 aliphatic carbocycles. The van der Waals surface area contributed by atoms with Crippen molar-refractivity contribution in [2.45, 2.75) is 39.0 Å². The maximum atomic E-state index is 13.8. The van der Waals surface area contributed by atoms with Crippen LogP contribution in [0.5, 0.6) is 0 Å². The first-order valence-corrected chi connectivity index (χ1v) is 7.48. The summed E-state index contributed by atoms with van der Waals surface area (Å²) in [7, 11) is 0. The third-order valence-corrected chi connectivity index (χ3v) is 4.42. The van der Waals surface area contributed by atoms with Gasteiger partial charge in [0, 0.05) is 19.2 Å². The molecule has 0 saturated heterocycles. The van der Waals surface area contributed by atoms with Crippen molar-refractivity contribution in [2.75, 3.05) is 23.7 Å². The first-order chi connectivity index (χ1) is 9.64. The topological polar surface area (TPSA) is 37.0 Å². The second kappa shape index (κ2) is 5.19. The molecule has 2 aliphatic rings. The zero-order valence-corrected chi connectivity index (χ0v) is 11.8. The van der Waals surface area contributed by atoms with Gasteiger partial charge in [-0.3, -0.25) is 0 Å². The van der Waals surface area contributed by atoms with E-state index >= 15 is 0 Å². The number of pyridine rings is 1. The zero-order valence-electron chi connectivity index (χ0n) is 11.8. The van der Waals surface area contributed by atoms with Gasteiger partial charge < -0.3 is 10.6 Å². The third kappa shape index (κ3) is 2.72. The summed E-state index contributed by atoms with van der Waals surface area (Å²) in [6, 6.07) is 0.907. The Balaban J connectivity index is 1.68. The summed E-state index contributed by atoms with van der Waals surface area (Å²) in [6.45, 7) is 3.36. The van der Waals surface area contributed by atoms with Crippen LogP contribution in [0.4, 0.5) is 20.4 Å². The third-order valence-electron chi connectivity index (χ3n) is 4.42. The predicted molar refractivity (Wildman–Crippen MR) is 75.8 cm³/mol. The van der Waals surface area contributed by atoms with E-state index in [4.69, 9.17) is 0 Å². The van der Waals surface area contributed by atoms with Crippen molar-refractivity contribution < 1.29 is 8.78 Å². The van der Waals surface area contributed by atoms with Gasteiger partial charge >= 0.3 is 0 Å². The molecule has 1 aromatic heterocycles. The maximum Gasteiger partial charge on any atom is 0.168 e. The molecule has 2 saturated carbocycles. The summed E-state index contributed by atoms with van der Waals surface area (Å²) in [5.41, 5.74) is 0.361. The van der Waals surface area contributed by atoms with Crippen LogP contribution in [0, 0.1) is 23.0 Å². The smallest absolute Gasteiger partial charge is 0.168 e. The van der Waals surface area contributed by atoms with E-state index in [-0.39, 0.29) is 11.6 Å². The second-order valence-corrected chi connectivity index (χ2v) is 6.07. The fourth-order valence-corrected chi connectivity index (χ4v) is 2.80. The lowest BCUT2D eigenvalue weighted by Gasteiger charge is -2.16. The van der Waals surface area contributed by atoms with Gasteiger partial charge in [-0.25, -0.2) is 13.8 Å². The van der Waals surface area contributed by atoms with Crippen LogP contribution < -0.4 is 10.6 Å². The van der Waals surface area contributed by atoms with Crippen LogP contribution in [-0.4, -0.2) is 18.1 Å². The van der Waals surface area contributed by atoms with Gasteiger partial charge in [0.1, 0.15) is 0 Å². The van der Waals surface area contributed by atoms with Crippen molar-refractivity contribution in [3.63, 3.8) is 0 Å². The molecule has 1 heterocycles. The normalized spacial score (nSPS) is 19.8. The van der Waals surface area contributed by atoms with Crippen molar-refractivity contribution >= 4 is 11.6 Å². The van der Waals surface area contributed by atoms with Crippen molar-refractivity contribution in [3.8, 4) is 0 Å².